The molecule has 0 saturated carbocycles. The van der Waals surface area contributed by atoms with Crippen molar-refractivity contribution < 1.29 is 0 Å². The summed E-state index contributed by atoms with van der Waals surface area (Å²) in [5, 5.41) is 8.99. The predicted molar refractivity (Wildman–Crippen MR) is 95.2 cm³/mol. The van der Waals surface area contributed by atoms with Crippen molar-refractivity contribution in [2.45, 2.75) is 12.8 Å². The number of nitrogens with zero attached hydrogens (tertiary/aromatic N) is 5. The Morgan fingerprint density at radius 2 is 1.54 bits per heavy atom. The molecule has 1 fully saturated rings. The molecule has 5 heteroatoms. The lowest BCUT2D eigenvalue weighted by Crippen LogP contribution is -2.20. The smallest absolute Gasteiger partial charge is 0.204 e. The minimum absolute atomic E-state index is 0.842. The van der Waals surface area contributed by atoms with Crippen molar-refractivity contribution in [1.82, 2.24) is 19.6 Å². The van der Waals surface area contributed by atoms with Crippen molar-refractivity contribution in [2.24, 2.45) is 0 Å². The molecule has 0 bridgehead atoms. The lowest BCUT2D eigenvalue weighted by Gasteiger charge is -2.18. The largest absolute Gasteiger partial charge is 0.353 e. The van der Waals surface area contributed by atoms with Crippen molar-refractivity contribution in [2.75, 3.05) is 18.0 Å². The summed E-state index contributed by atoms with van der Waals surface area (Å²) in [5.41, 5.74) is 3.92. The second-order valence-corrected chi connectivity index (χ2v) is 6.17. The highest BCUT2D eigenvalue weighted by Gasteiger charge is 2.22. The fourth-order valence-corrected chi connectivity index (χ4v) is 3.48. The van der Waals surface area contributed by atoms with Gasteiger partial charge in [-0.2, -0.15) is 0 Å². The van der Waals surface area contributed by atoms with Crippen LogP contribution in [0.5, 0.6) is 0 Å². The summed E-state index contributed by atoms with van der Waals surface area (Å²) in [5.74, 6) is 1.81. The zero-order valence-electron chi connectivity index (χ0n) is 13.3. The van der Waals surface area contributed by atoms with Crippen LogP contribution in [-0.2, 0) is 0 Å². The first-order valence-electron chi connectivity index (χ1n) is 8.36. The van der Waals surface area contributed by atoms with E-state index in [1.165, 1.54) is 12.8 Å². The molecule has 3 heterocycles. The van der Waals surface area contributed by atoms with Crippen LogP contribution in [0.1, 0.15) is 12.8 Å². The normalized spacial score (nSPS) is 14.8. The first-order valence-corrected chi connectivity index (χ1v) is 8.36. The van der Waals surface area contributed by atoms with Crippen LogP contribution in [0.2, 0.25) is 0 Å². The Morgan fingerprint density at radius 3 is 2.38 bits per heavy atom. The minimum Gasteiger partial charge on any atom is -0.353 e. The molecular formula is C19H17N5. The molecule has 1 aliphatic heterocycles. The molecular weight excluding hydrogens is 298 g/mol. The molecule has 0 amide bonds. The first kappa shape index (κ1) is 13.5. The van der Waals surface area contributed by atoms with Crippen LogP contribution in [0, 0.1) is 0 Å². The van der Waals surface area contributed by atoms with Crippen molar-refractivity contribution >= 4 is 22.5 Å². The summed E-state index contributed by atoms with van der Waals surface area (Å²) in [6.07, 6.45) is 2.42. The summed E-state index contributed by atoms with van der Waals surface area (Å²) < 4.78 is 2.14. The molecule has 0 N–H and O–H groups in total. The summed E-state index contributed by atoms with van der Waals surface area (Å²) in [4.78, 5) is 7.22. The van der Waals surface area contributed by atoms with E-state index in [-0.39, 0.29) is 0 Å². The topological polar surface area (TPSA) is 46.3 Å². The fraction of sp³-hybridized carbons (Fsp3) is 0.211. The number of hydrogen-bond donors (Lipinski definition) is 0. The standard InChI is InChI=1S/C19H17N5/c1-2-8-14(9-3-1)17-21-22-19-18(23-12-6-7-13-23)20-15-10-4-5-11-16(15)24(17)19/h1-5,8-11H,6-7,12-13H2. The van der Waals surface area contributed by atoms with Gasteiger partial charge in [0.25, 0.3) is 0 Å². The number of anilines is 1. The van der Waals surface area contributed by atoms with Crippen LogP contribution in [0.25, 0.3) is 28.1 Å². The Hall–Kier alpha value is -2.95. The van der Waals surface area contributed by atoms with Gasteiger partial charge in [-0.1, -0.05) is 42.5 Å². The van der Waals surface area contributed by atoms with Gasteiger partial charge >= 0.3 is 0 Å². The number of rotatable bonds is 2. The molecule has 118 valence electrons. The van der Waals surface area contributed by atoms with E-state index in [0.717, 1.165) is 47.0 Å². The lowest BCUT2D eigenvalue weighted by molar-refractivity contribution is 0.938. The molecule has 0 aliphatic carbocycles. The van der Waals surface area contributed by atoms with Crippen molar-refractivity contribution in [3.8, 4) is 11.4 Å². The van der Waals surface area contributed by atoms with E-state index in [9.17, 15) is 0 Å². The predicted octanol–water partition coefficient (Wildman–Crippen LogP) is 3.54. The van der Waals surface area contributed by atoms with E-state index in [1.807, 2.05) is 30.3 Å². The zero-order chi connectivity index (χ0) is 15.9. The third kappa shape index (κ3) is 1.98. The lowest BCUT2D eigenvalue weighted by atomic mass is 10.2. The Morgan fingerprint density at radius 1 is 0.792 bits per heavy atom. The van der Waals surface area contributed by atoms with E-state index in [0.29, 0.717) is 0 Å². The second kappa shape index (κ2) is 5.30. The summed E-state index contributed by atoms with van der Waals surface area (Å²) >= 11 is 0. The molecule has 24 heavy (non-hydrogen) atoms. The Kier molecular flexibility index (Phi) is 2.98. The molecule has 0 atom stereocenters. The number of fused-ring (bicyclic) bond motifs is 3. The summed E-state index contributed by atoms with van der Waals surface area (Å²) in [6.45, 7) is 2.07. The van der Waals surface area contributed by atoms with E-state index in [4.69, 9.17) is 4.98 Å². The molecule has 0 radical (unpaired) electrons. The highest BCUT2D eigenvalue weighted by molar-refractivity contribution is 5.85. The summed E-state index contributed by atoms with van der Waals surface area (Å²) in [6, 6.07) is 18.4. The highest BCUT2D eigenvalue weighted by atomic mass is 15.3. The van der Waals surface area contributed by atoms with Crippen molar-refractivity contribution in [3.63, 3.8) is 0 Å². The highest BCUT2D eigenvalue weighted by Crippen LogP contribution is 2.29. The second-order valence-electron chi connectivity index (χ2n) is 6.17. The van der Waals surface area contributed by atoms with Crippen LogP contribution >= 0.6 is 0 Å². The molecule has 4 aromatic rings. The van der Waals surface area contributed by atoms with E-state index in [2.05, 4.69) is 43.8 Å². The van der Waals surface area contributed by atoms with Crippen LogP contribution < -0.4 is 4.90 Å². The first-order chi connectivity index (χ1) is 11.9. The number of aromatic nitrogens is 4. The molecule has 2 aromatic carbocycles. The van der Waals surface area contributed by atoms with Crippen LogP contribution in [-0.4, -0.2) is 32.7 Å². The van der Waals surface area contributed by atoms with Gasteiger partial charge in [-0.3, -0.25) is 4.40 Å². The van der Waals surface area contributed by atoms with Gasteiger partial charge in [-0.15, -0.1) is 10.2 Å². The van der Waals surface area contributed by atoms with Gasteiger partial charge in [-0.25, -0.2) is 4.98 Å². The fourth-order valence-electron chi connectivity index (χ4n) is 3.48. The van der Waals surface area contributed by atoms with Crippen LogP contribution in [0.3, 0.4) is 0 Å². The quantitative estimate of drug-likeness (QED) is 0.567. The number of para-hydroxylation sites is 2. The molecule has 2 aromatic heterocycles. The number of hydrogen-bond acceptors (Lipinski definition) is 4. The number of benzene rings is 2. The van der Waals surface area contributed by atoms with Gasteiger partial charge < -0.3 is 4.90 Å². The minimum atomic E-state index is 0.842. The third-order valence-electron chi connectivity index (χ3n) is 4.65. The molecule has 5 nitrogen and oxygen atoms in total. The average Bonchev–Trinajstić information content (AvgIpc) is 3.32. The van der Waals surface area contributed by atoms with Gasteiger partial charge in [0.1, 0.15) is 0 Å². The monoisotopic (exact) mass is 315 g/mol. The Balaban J connectivity index is 1.87. The molecule has 1 saturated heterocycles. The van der Waals surface area contributed by atoms with Crippen LogP contribution in [0.15, 0.2) is 54.6 Å². The van der Waals surface area contributed by atoms with Gasteiger partial charge in [0, 0.05) is 18.7 Å². The average molecular weight is 315 g/mol. The zero-order valence-corrected chi connectivity index (χ0v) is 13.3. The third-order valence-corrected chi connectivity index (χ3v) is 4.65. The van der Waals surface area contributed by atoms with Gasteiger partial charge in [0.15, 0.2) is 11.6 Å². The molecule has 5 rings (SSSR count). The van der Waals surface area contributed by atoms with Crippen molar-refractivity contribution in [1.29, 1.82) is 0 Å². The van der Waals surface area contributed by atoms with Gasteiger partial charge in [0.2, 0.25) is 5.65 Å². The summed E-state index contributed by atoms with van der Waals surface area (Å²) in [7, 11) is 0. The molecule has 1 aliphatic rings. The Labute approximate surface area is 139 Å². The van der Waals surface area contributed by atoms with Gasteiger partial charge in [0.05, 0.1) is 11.0 Å². The molecule has 0 unspecified atom stereocenters. The maximum atomic E-state index is 4.89. The maximum absolute atomic E-state index is 4.89. The SMILES string of the molecule is c1ccc(-c2nnc3c(N4CCCC4)nc4ccccc4n23)cc1. The Bertz CT molecular complexity index is 1020. The van der Waals surface area contributed by atoms with Gasteiger partial charge in [-0.05, 0) is 25.0 Å². The van der Waals surface area contributed by atoms with Crippen LogP contribution in [0.4, 0.5) is 5.82 Å². The van der Waals surface area contributed by atoms with Crippen molar-refractivity contribution in [3.05, 3.63) is 54.6 Å². The van der Waals surface area contributed by atoms with E-state index in [1.54, 1.807) is 0 Å². The van der Waals surface area contributed by atoms with E-state index >= 15 is 0 Å². The maximum Gasteiger partial charge on any atom is 0.204 e. The molecule has 0 spiro atoms. The van der Waals surface area contributed by atoms with E-state index < -0.39 is 0 Å².